The summed E-state index contributed by atoms with van der Waals surface area (Å²) < 4.78 is 0. The van der Waals surface area contributed by atoms with Gasteiger partial charge in [0.05, 0.1) is 17.8 Å². The molecule has 0 saturated carbocycles. The van der Waals surface area contributed by atoms with Crippen molar-refractivity contribution in [2.45, 2.75) is 25.7 Å². The fraction of sp³-hybridized carbons (Fsp3) is 0.214. The van der Waals surface area contributed by atoms with Crippen LogP contribution in [0.15, 0.2) is 78.5 Å². The number of benzene rings is 2. The second-order valence-corrected chi connectivity index (χ2v) is 8.71. The van der Waals surface area contributed by atoms with Crippen LogP contribution in [-0.4, -0.2) is 35.4 Å². The highest BCUT2D eigenvalue weighted by Gasteiger charge is 2.24. The number of carbonyl (C=O) groups excluding carboxylic acids is 2. The molecule has 2 aliphatic rings. The summed E-state index contributed by atoms with van der Waals surface area (Å²) in [6.07, 6.45) is 11.3. The van der Waals surface area contributed by atoms with Crippen molar-refractivity contribution in [1.29, 1.82) is 0 Å². The number of fused-ring (bicyclic) bond motifs is 3. The van der Waals surface area contributed by atoms with Gasteiger partial charge < -0.3 is 15.5 Å². The Kier molecular flexibility index (Phi) is 6.39. The van der Waals surface area contributed by atoms with Crippen molar-refractivity contribution >= 4 is 29.1 Å². The van der Waals surface area contributed by atoms with Crippen molar-refractivity contribution in [3.05, 3.63) is 89.7 Å². The first kappa shape index (κ1) is 22.5. The van der Waals surface area contributed by atoms with Crippen LogP contribution in [0.2, 0.25) is 0 Å². The standard InChI is InChI=1S/C28H27N5O2/c1-33-24-10-6-5-9-23(24)26-21(17-25(33)34)18-30-28(32-26)31-22-13-11-20(12-14-22)27(35)29-16-15-19-7-3-2-4-8-19/h2-3,5-7,9-14,18H,4,8,15-17H2,1H3,(H,29,35)(H,30,31,32). The molecule has 1 aromatic heterocycles. The second-order valence-electron chi connectivity index (χ2n) is 8.71. The number of para-hydroxylation sites is 1. The molecule has 0 bridgehead atoms. The number of likely N-dealkylation sites (N-methyl/N-ethyl adjacent to an activating group) is 1. The van der Waals surface area contributed by atoms with Crippen LogP contribution in [0, 0.1) is 0 Å². The number of hydrogen-bond acceptors (Lipinski definition) is 5. The minimum absolute atomic E-state index is 0.00155. The van der Waals surface area contributed by atoms with Gasteiger partial charge in [-0.1, -0.05) is 42.0 Å². The highest BCUT2D eigenvalue weighted by molar-refractivity contribution is 6.01. The average molecular weight is 466 g/mol. The maximum atomic E-state index is 12.6. The van der Waals surface area contributed by atoms with Gasteiger partial charge in [-0.25, -0.2) is 9.97 Å². The van der Waals surface area contributed by atoms with E-state index in [4.69, 9.17) is 4.98 Å². The molecular weight excluding hydrogens is 438 g/mol. The van der Waals surface area contributed by atoms with E-state index in [0.717, 1.165) is 47.5 Å². The van der Waals surface area contributed by atoms with Crippen LogP contribution in [0.1, 0.15) is 35.2 Å². The summed E-state index contributed by atoms with van der Waals surface area (Å²) in [5, 5.41) is 6.21. The van der Waals surface area contributed by atoms with Crippen LogP contribution in [0.3, 0.4) is 0 Å². The maximum absolute atomic E-state index is 12.6. The van der Waals surface area contributed by atoms with E-state index in [1.165, 1.54) is 5.57 Å². The molecule has 3 aromatic rings. The highest BCUT2D eigenvalue weighted by atomic mass is 16.2. The third-order valence-electron chi connectivity index (χ3n) is 6.34. The number of amides is 2. The zero-order valence-corrected chi connectivity index (χ0v) is 19.6. The fourth-order valence-electron chi connectivity index (χ4n) is 4.35. The molecule has 0 spiro atoms. The van der Waals surface area contributed by atoms with E-state index in [1.54, 1.807) is 30.3 Å². The lowest BCUT2D eigenvalue weighted by Gasteiger charge is -2.16. The Morgan fingerprint density at radius 3 is 2.74 bits per heavy atom. The summed E-state index contributed by atoms with van der Waals surface area (Å²) in [5.41, 5.74) is 6.01. The second kappa shape index (κ2) is 9.93. The quantitative estimate of drug-likeness (QED) is 0.546. The first-order valence-corrected chi connectivity index (χ1v) is 11.8. The molecule has 35 heavy (non-hydrogen) atoms. The average Bonchev–Trinajstić information content (AvgIpc) is 2.99. The fourth-order valence-corrected chi connectivity index (χ4v) is 4.35. The maximum Gasteiger partial charge on any atom is 0.251 e. The van der Waals surface area contributed by atoms with Gasteiger partial charge >= 0.3 is 0 Å². The Hall–Kier alpha value is -4.26. The first-order chi connectivity index (χ1) is 17.1. The van der Waals surface area contributed by atoms with Crippen LogP contribution in [0.5, 0.6) is 0 Å². The number of nitrogens with one attached hydrogen (secondary N) is 2. The Morgan fingerprint density at radius 1 is 1.11 bits per heavy atom. The van der Waals surface area contributed by atoms with Crippen molar-refractivity contribution in [2.75, 3.05) is 23.8 Å². The number of allylic oxidation sites excluding steroid dienone is 3. The molecule has 0 saturated heterocycles. The zero-order chi connectivity index (χ0) is 24.2. The highest BCUT2D eigenvalue weighted by Crippen LogP contribution is 2.35. The van der Waals surface area contributed by atoms with Crippen LogP contribution in [0.4, 0.5) is 17.3 Å². The molecule has 0 fully saturated rings. The number of hydrogen-bond donors (Lipinski definition) is 2. The van der Waals surface area contributed by atoms with Gasteiger partial charge in [-0.15, -0.1) is 0 Å². The van der Waals surface area contributed by atoms with Crippen LogP contribution < -0.4 is 15.5 Å². The molecule has 0 atom stereocenters. The summed E-state index contributed by atoms with van der Waals surface area (Å²) in [4.78, 5) is 35.9. The molecule has 7 heteroatoms. The zero-order valence-electron chi connectivity index (χ0n) is 19.6. The number of rotatable bonds is 6. The molecule has 176 valence electrons. The van der Waals surface area contributed by atoms with Crippen molar-refractivity contribution in [3.63, 3.8) is 0 Å². The lowest BCUT2D eigenvalue weighted by atomic mass is 10.0. The van der Waals surface area contributed by atoms with Gasteiger partial charge in [-0.3, -0.25) is 9.59 Å². The molecule has 2 amide bonds. The van der Waals surface area contributed by atoms with Gasteiger partial charge in [0, 0.05) is 42.2 Å². The summed E-state index contributed by atoms with van der Waals surface area (Å²) in [7, 11) is 1.78. The van der Waals surface area contributed by atoms with Crippen molar-refractivity contribution in [3.8, 4) is 11.3 Å². The van der Waals surface area contributed by atoms with Crippen LogP contribution >= 0.6 is 0 Å². The van der Waals surface area contributed by atoms with E-state index < -0.39 is 0 Å². The van der Waals surface area contributed by atoms with Gasteiger partial charge in [0.15, 0.2) is 0 Å². The first-order valence-electron chi connectivity index (χ1n) is 11.8. The third kappa shape index (κ3) is 4.99. The Balaban J connectivity index is 1.27. The SMILES string of the molecule is CN1C(=O)Cc2cnc(Nc3ccc(C(=O)NCCC4=CC=CCC4)cc3)nc2-c2ccccc21. The molecule has 1 aliphatic heterocycles. The Morgan fingerprint density at radius 2 is 1.94 bits per heavy atom. The lowest BCUT2D eigenvalue weighted by Crippen LogP contribution is -2.26. The molecule has 5 rings (SSSR count). The van der Waals surface area contributed by atoms with Crippen LogP contribution in [-0.2, 0) is 11.2 Å². The van der Waals surface area contributed by atoms with E-state index in [1.807, 2.05) is 36.4 Å². The van der Waals surface area contributed by atoms with E-state index in [0.29, 0.717) is 18.1 Å². The number of carbonyl (C=O) groups is 2. The van der Waals surface area contributed by atoms with Gasteiger partial charge in [0.2, 0.25) is 11.9 Å². The molecule has 0 radical (unpaired) electrons. The van der Waals surface area contributed by atoms with E-state index in [2.05, 4.69) is 33.8 Å². The number of nitrogens with zero attached hydrogens (tertiary/aromatic N) is 3. The van der Waals surface area contributed by atoms with Gasteiger partial charge in [-0.05, 0) is 49.6 Å². The normalized spacial score (nSPS) is 14.5. The minimum atomic E-state index is -0.0878. The van der Waals surface area contributed by atoms with Crippen LogP contribution in [0.25, 0.3) is 11.3 Å². The van der Waals surface area contributed by atoms with Gasteiger partial charge in [-0.2, -0.15) is 0 Å². The molecule has 2 heterocycles. The predicted molar refractivity (Wildman–Crippen MR) is 138 cm³/mol. The molecule has 1 aliphatic carbocycles. The number of aromatic nitrogens is 2. The van der Waals surface area contributed by atoms with Crippen molar-refractivity contribution in [1.82, 2.24) is 15.3 Å². The largest absolute Gasteiger partial charge is 0.352 e. The molecule has 7 nitrogen and oxygen atoms in total. The molecular formula is C28H27N5O2. The van der Waals surface area contributed by atoms with Gasteiger partial charge in [0.25, 0.3) is 5.91 Å². The third-order valence-corrected chi connectivity index (χ3v) is 6.34. The monoisotopic (exact) mass is 465 g/mol. The molecule has 2 N–H and O–H groups in total. The molecule has 2 aromatic carbocycles. The lowest BCUT2D eigenvalue weighted by molar-refractivity contribution is -0.117. The summed E-state index contributed by atoms with van der Waals surface area (Å²) in [6.45, 7) is 0.626. The molecule has 0 unspecified atom stereocenters. The minimum Gasteiger partial charge on any atom is -0.352 e. The van der Waals surface area contributed by atoms with E-state index >= 15 is 0 Å². The summed E-state index contributed by atoms with van der Waals surface area (Å²) in [6, 6.07) is 15.0. The summed E-state index contributed by atoms with van der Waals surface area (Å²) >= 11 is 0. The van der Waals surface area contributed by atoms with E-state index in [9.17, 15) is 9.59 Å². The predicted octanol–water partition coefficient (Wildman–Crippen LogP) is 4.80. The number of anilines is 3. The Labute approximate surface area is 204 Å². The van der Waals surface area contributed by atoms with E-state index in [-0.39, 0.29) is 18.2 Å². The smallest absolute Gasteiger partial charge is 0.251 e. The van der Waals surface area contributed by atoms with Gasteiger partial charge in [0.1, 0.15) is 0 Å². The summed E-state index contributed by atoms with van der Waals surface area (Å²) in [5.74, 6) is 0.347. The Bertz CT molecular complexity index is 1330. The van der Waals surface area contributed by atoms with Crippen molar-refractivity contribution < 1.29 is 9.59 Å². The topological polar surface area (TPSA) is 87.2 Å². The van der Waals surface area contributed by atoms with Crippen molar-refractivity contribution in [2.24, 2.45) is 0 Å².